The van der Waals surface area contributed by atoms with Crippen molar-refractivity contribution < 1.29 is 9.53 Å². The number of methoxy groups -OCH3 is 1. The number of ether oxygens (including phenoxy) is 1. The SMILES string of the molecule is COc1ccc(CN2CCC(CNC(=O)C3(c4cccc(Cl)c4)CC3)CC2)cc1. The van der Waals surface area contributed by atoms with Crippen molar-refractivity contribution >= 4 is 17.5 Å². The molecular formula is C24H29ClN2O2. The van der Waals surface area contributed by atoms with Gasteiger partial charge in [0.25, 0.3) is 0 Å². The van der Waals surface area contributed by atoms with Gasteiger partial charge in [-0.25, -0.2) is 0 Å². The number of benzene rings is 2. The second kappa shape index (κ2) is 8.76. The highest BCUT2D eigenvalue weighted by atomic mass is 35.5. The fourth-order valence-electron chi connectivity index (χ4n) is 4.30. The Bertz CT molecular complexity index is 840. The lowest BCUT2D eigenvalue weighted by atomic mass is 9.93. The van der Waals surface area contributed by atoms with Crippen molar-refractivity contribution in [2.75, 3.05) is 26.7 Å². The molecular weight excluding hydrogens is 384 g/mol. The Morgan fingerprint density at radius 2 is 1.90 bits per heavy atom. The predicted octanol–water partition coefficient (Wildman–Crippen LogP) is 4.41. The van der Waals surface area contributed by atoms with Crippen LogP contribution in [0.2, 0.25) is 5.02 Å². The molecule has 2 aliphatic rings. The summed E-state index contributed by atoms with van der Waals surface area (Å²) in [6.45, 7) is 3.90. The van der Waals surface area contributed by atoms with E-state index in [0.29, 0.717) is 10.9 Å². The van der Waals surface area contributed by atoms with E-state index in [1.54, 1.807) is 7.11 Å². The number of likely N-dealkylation sites (tertiary alicyclic amines) is 1. The highest BCUT2D eigenvalue weighted by Crippen LogP contribution is 2.48. The summed E-state index contributed by atoms with van der Waals surface area (Å²) < 4.78 is 5.23. The molecule has 2 fully saturated rings. The Kier molecular flexibility index (Phi) is 6.12. The van der Waals surface area contributed by atoms with E-state index in [9.17, 15) is 4.79 Å². The van der Waals surface area contributed by atoms with Gasteiger partial charge in [0.05, 0.1) is 12.5 Å². The molecule has 1 saturated carbocycles. The van der Waals surface area contributed by atoms with E-state index in [1.165, 1.54) is 5.56 Å². The number of hydrogen-bond donors (Lipinski definition) is 1. The first-order valence-electron chi connectivity index (χ1n) is 10.5. The maximum Gasteiger partial charge on any atom is 0.230 e. The average molecular weight is 413 g/mol. The standard InChI is InChI=1S/C24H29ClN2O2/c1-29-22-7-5-19(6-8-22)17-27-13-9-18(10-14-27)16-26-23(28)24(11-12-24)20-3-2-4-21(25)15-20/h2-8,15,18H,9-14,16-17H2,1H3,(H,26,28). The molecule has 154 valence electrons. The maximum absolute atomic E-state index is 12.9. The predicted molar refractivity (Wildman–Crippen MR) is 116 cm³/mol. The van der Waals surface area contributed by atoms with Crippen molar-refractivity contribution in [2.24, 2.45) is 5.92 Å². The van der Waals surface area contributed by atoms with Crippen molar-refractivity contribution in [3.8, 4) is 5.75 Å². The number of rotatable bonds is 7. The van der Waals surface area contributed by atoms with Gasteiger partial charge in [-0.05, 0) is 80.1 Å². The maximum atomic E-state index is 12.9. The van der Waals surface area contributed by atoms with Crippen LogP contribution in [0.3, 0.4) is 0 Å². The number of nitrogens with one attached hydrogen (secondary N) is 1. The largest absolute Gasteiger partial charge is 0.497 e. The van der Waals surface area contributed by atoms with E-state index in [-0.39, 0.29) is 11.3 Å². The van der Waals surface area contributed by atoms with Gasteiger partial charge in [-0.1, -0.05) is 35.9 Å². The number of hydrogen-bond acceptors (Lipinski definition) is 3. The molecule has 4 rings (SSSR count). The monoisotopic (exact) mass is 412 g/mol. The van der Waals surface area contributed by atoms with Crippen molar-refractivity contribution in [1.29, 1.82) is 0 Å². The first kappa shape index (κ1) is 20.2. The Morgan fingerprint density at radius 1 is 1.17 bits per heavy atom. The van der Waals surface area contributed by atoms with Crippen molar-refractivity contribution in [3.63, 3.8) is 0 Å². The normalized spacial score (nSPS) is 19.0. The van der Waals surface area contributed by atoms with Gasteiger partial charge in [-0.3, -0.25) is 9.69 Å². The lowest BCUT2D eigenvalue weighted by molar-refractivity contribution is -0.123. The van der Waals surface area contributed by atoms with Gasteiger partial charge in [-0.15, -0.1) is 0 Å². The van der Waals surface area contributed by atoms with Crippen molar-refractivity contribution in [3.05, 3.63) is 64.7 Å². The fourth-order valence-corrected chi connectivity index (χ4v) is 4.49. The molecule has 1 aliphatic heterocycles. The zero-order chi connectivity index (χ0) is 20.3. The summed E-state index contributed by atoms with van der Waals surface area (Å²) in [5.41, 5.74) is 2.02. The van der Waals surface area contributed by atoms with E-state index >= 15 is 0 Å². The van der Waals surface area contributed by atoms with Gasteiger partial charge < -0.3 is 10.1 Å². The highest BCUT2D eigenvalue weighted by Gasteiger charge is 2.51. The third-order valence-electron chi connectivity index (χ3n) is 6.39. The number of nitrogens with zero attached hydrogens (tertiary/aromatic N) is 1. The van der Waals surface area contributed by atoms with Crippen LogP contribution < -0.4 is 10.1 Å². The van der Waals surface area contributed by atoms with Gasteiger partial charge in [-0.2, -0.15) is 0 Å². The van der Waals surface area contributed by atoms with Crippen LogP contribution in [0, 0.1) is 5.92 Å². The second-order valence-corrected chi connectivity index (χ2v) is 8.81. The highest BCUT2D eigenvalue weighted by molar-refractivity contribution is 6.30. The molecule has 1 saturated heterocycles. The molecule has 0 aromatic heterocycles. The molecule has 1 aliphatic carbocycles. The zero-order valence-corrected chi connectivity index (χ0v) is 17.8. The van der Waals surface area contributed by atoms with E-state index in [1.807, 2.05) is 36.4 Å². The third kappa shape index (κ3) is 4.76. The van der Waals surface area contributed by atoms with Crippen LogP contribution in [0.25, 0.3) is 0 Å². The van der Waals surface area contributed by atoms with Crippen molar-refractivity contribution in [1.82, 2.24) is 10.2 Å². The third-order valence-corrected chi connectivity index (χ3v) is 6.62. The molecule has 0 radical (unpaired) electrons. The van der Waals surface area contributed by atoms with E-state index in [2.05, 4.69) is 22.3 Å². The summed E-state index contributed by atoms with van der Waals surface area (Å²) in [5.74, 6) is 1.62. The Hall–Kier alpha value is -2.04. The summed E-state index contributed by atoms with van der Waals surface area (Å²) in [6.07, 6.45) is 4.08. The van der Waals surface area contributed by atoms with Crippen LogP contribution >= 0.6 is 11.6 Å². The molecule has 1 heterocycles. The summed E-state index contributed by atoms with van der Waals surface area (Å²) in [4.78, 5) is 15.4. The van der Waals surface area contributed by atoms with E-state index in [0.717, 1.165) is 63.2 Å². The minimum atomic E-state index is -0.347. The lowest BCUT2D eigenvalue weighted by Gasteiger charge is -2.32. The lowest BCUT2D eigenvalue weighted by Crippen LogP contribution is -2.41. The van der Waals surface area contributed by atoms with Crippen LogP contribution in [0.15, 0.2) is 48.5 Å². The van der Waals surface area contributed by atoms with E-state index in [4.69, 9.17) is 16.3 Å². The molecule has 4 nitrogen and oxygen atoms in total. The molecule has 0 unspecified atom stereocenters. The Labute approximate surface area is 178 Å². The average Bonchev–Trinajstić information content (AvgIpc) is 3.56. The summed E-state index contributed by atoms with van der Waals surface area (Å²) in [7, 11) is 1.69. The van der Waals surface area contributed by atoms with Gasteiger partial charge in [0.1, 0.15) is 5.75 Å². The summed E-state index contributed by atoms with van der Waals surface area (Å²) in [6, 6.07) is 16.1. The van der Waals surface area contributed by atoms with Crippen LogP contribution in [0.1, 0.15) is 36.8 Å². The second-order valence-electron chi connectivity index (χ2n) is 8.37. The number of carbonyl (C=O) groups is 1. The summed E-state index contributed by atoms with van der Waals surface area (Å²) >= 11 is 6.13. The zero-order valence-electron chi connectivity index (χ0n) is 17.0. The van der Waals surface area contributed by atoms with Gasteiger partial charge in [0.2, 0.25) is 5.91 Å². The van der Waals surface area contributed by atoms with E-state index < -0.39 is 0 Å². The quantitative estimate of drug-likeness (QED) is 0.732. The molecule has 1 N–H and O–H groups in total. The van der Waals surface area contributed by atoms with Crippen LogP contribution in [-0.4, -0.2) is 37.6 Å². The molecule has 1 amide bonds. The molecule has 0 atom stereocenters. The Morgan fingerprint density at radius 3 is 2.52 bits per heavy atom. The molecule has 5 heteroatoms. The van der Waals surface area contributed by atoms with Crippen LogP contribution in [0.5, 0.6) is 5.75 Å². The summed E-state index contributed by atoms with van der Waals surface area (Å²) in [5, 5.41) is 3.94. The molecule has 29 heavy (non-hydrogen) atoms. The number of amides is 1. The van der Waals surface area contributed by atoms with Crippen LogP contribution in [0.4, 0.5) is 0 Å². The molecule has 0 spiro atoms. The number of halogens is 1. The first-order valence-corrected chi connectivity index (χ1v) is 10.9. The number of piperidine rings is 1. The minimum absolute atomic E-state index is 0.167. The molecule has 0 bridgehead atoms. The van der Waals surface area contributed by atoms with Crippen LogP contribution in [-0.2, 0) is 16.8 Å². The topological polar surface area (TPSA) is 41.6 Å². The van der Waals surface area contributed by atoms with Gasteiger partial charge >= 0.3 is 0 Å². The number of carbonyl (C=O) groups excluding carboxylic acids is 1. The molecule has 2 aromatic rings. The van der Waals surface area contributed by atoms with Crippen molar-refractivity contribution in [2.45, 2.75) is 37.6 Å². The van der Waals surface area contributed by atoms with Gasteiger partial charge in [0.15, 0.2) is 0 Å². The molecule has 2 aromatic carbocycles. The minimum Gasteiger partial charge on any atom is -0.497 e. The first-order chi connectivity index (χ1) is 14.1. The van der Waals surface area contributed by atoms with Gasteiger partial charge in [0, 0.05) is 18.1 Å². The smallest absolute Gasteiger partial charge is 0.230 e. The Balaban J connectivity index is 1.23. The fraction of sp³-hybridized carbons (Fsp3) is 0.458.